The molecule has 0 spiro atoms. The SMILES string of the molecule is O=c1[nH]c(=S)n(-c2cc(Cl)cc(Cl)c2)c(O)c1C=NCc1ccc2c(c1)OCO2. The zero-order valence-corrected chi connectivity index (χ0v) is 17.0. The van der Waals surface area contributed by atoms with Gasteiger partial charge in [-0.1, -0.05) is 29.3 Å². The molecule has 0 radical (unpaired) electrons. The minimum Gasteiger partial charge on any atom is -0.494 e. The van der Waals surface area contributed by atoms with E-state index in [1.54, 1.807) is 24.3 Å². The van der Waals surface area contributed by atoms with Crippen LogP contribution in [0.5, 0.6) is 17.4 Å². The third-order valence-electron chi connectivity index (χ3n) is 4.16. The molecule has 2 aromatic carbocycles. The minimum absolute atomic E-state index is 0.00115. The Bertz CT molecular complexity index is 1230. The summed E-state index contributed by atoms with van der Waals surface area (Å²) in [5.41, 5.74) is 0.657. The lowest BCUT2D eigenvalue weighted by atomic mass is 10.2. The van der Waals surface area contributed by atoms with Gasteiger partial charge in [0.25, 0.3) is 5.56 Å². The van der Waals surface area contributed by atoms with E-state index in [0.29, 0.717) is 27.2 Å². The van der Waals surface area contributed by atoms with Crippen molar-refractivity contribution >= 4 is 41.6 Å². The van der Waals surface area contributed by atoms with Crippen LogP contribution in [0.4, 0.5) is 0 Å². The maximum Gasteiger partial charge on any atom is 0.264 e. The van der Waals surface area contributed by atoms with Gasteiger partial charge in [-0.05, 0) is 48.1 Å². The van der Waals surface area contributed by atoms with Gasteiger partial charge < -0.3 is 14.6 Å². The van der Waals surface area contributed by atoms with Crippen LogP contribution in [-0.4, -0.2) is 27.7 Å². The van der Waals surface area contributed by atoms with Crippen molar-refractivity contribution in [2.75, 3.05) is 6.79 Å². The summed E-state index contributed by atoms with van der Waals surface area (Å²) in [6.45, 7) is 0.459. The van der Waals surface area contributed by atoms with Gasteiger partial charge in [0.1, 0.15) is 5.56 Å². The number of nitrogens with one attached hydrogen (secondary N) is 1. The van der Waals surface area contributed by atoms with Crippen molar-refractivity contribution in [3.8, 4) is 23.1 Å². The number of nitrogens with zero attached hydrogens (tertiary/aromatic N) is 2. The van der Waals surface area contributed by atoms with Crippen LogP contribution in [0.25, 0.3) is 5.69 Å². The maximum atomic E-state index is 12.3. The lowest BCUT2D eigenvalue weighted by Crippen LogP contribution is -2.18. The molecule has 2 heterocycles. The van der Waals surface area contributed by atoms with Gasteiger partial charge in [-0.3, -0.25) is 19.3 Å². The number of benzene rings is 2. The Balaban J connectivity index is 1.68. The number of aliphatic imine (C=N–C) groups is 1. The van der Waals surface area contributed by atoms with Crippen molar-refractivity contribution in [2.45, 2.75) is 6.54 Å². The highest BCUT2D eigenvalue weighted by molar-refractivity contribution is 7.71. The van der Waals surface area contributed by atoms with Gasteiger partial charge in [-0.2, -0.15) is 0 Å². The average molecular weight is 450 g/mol. The molecule has 148 valence electrons. The van der Waals surface area contributed by atoms with Crippen molar-refractivity contribution in [2.24, 2.45) is 4.99 Å². The van der Waals surface area contributed by atoms with Crippen molar-refractivity contribution in [3.05, 3.63) is 72.7 Å². The summed E-state index contributed by atoms with van der Waals surface area (Å²) in [5, 5.41) is 11.4. The van der Waals surface area contributed by atoms with Crippen molar-refractivity contribution in [1.82, 2.24) is 9.55 Å². The number of ether oxygens (including phenoxy) is 2. The van der Waals surface area contributed by atoms with E-state index >= 15 is 0 Å². The molecule has 0 unspecified atom stereocenters. The molecule has 29 heavy (non-hydrogen) atoms. The number of fused-ring (bicyclic) bond motifs is 1. The lowest BCUT2D eigenvalue weighted by molar-refractivity contribution is 0.174. The third kappa shape index (κ3) is 4.00. The zero-order valence-electron chi connectivity index (χ0n) is 14.7. The molecule has 2 N–H and O–H groups in total. The fourth-order valence-corrected chi connectivity index (χ4v) is 3.64. The Morgan fingerprint density at radius 2 is 1.90 bits per heavy atom. The Labute approximate surface area is 179 Å². The summed E-state index contributed by atoms with van der Waals surface area (Å²) < 4.78 is 11.9. The normalized spacial score (nSPS) is 12.6. The molecule has 1 aliphatic heterocycles. The summed E-state index contributed by atoms with van der Waals surface area (Å²) in [4.78, 5) is 19.1. The summed E-state index contributed by atoms with van der Waals surface area (Å²) in [6.07, 6.45) is 1.29. The molecule has 0 aliphatic carbocycles. The minimum atomic E-state index is -0.564. The molecule has 10 heteroatoms. The Morgan fingerprint density at radius 1 is 1.17 bits per heavy atom. The number of halogens is 2. The van der Waals surface area contributed by atoms with Gasteiger partial charge in [0, 0.05) is 16.3 Å². The standard InChI is InChI=1S/C19H13Cl2N3O4S/c20-11-4-12(21)6-13(5-11)24-18(26)14(17(25)23-19(24)29)8-22-7-10-1-2-15-16(3-10)28-9-27-15/h1-6,8,26H,7,9H2,(H,23,25,29). The van der Waals surface area contributed by atoms with Crippen LogP contribution in [-0.2, 0) is 6.54 Å². The van der Waals surface area contributed by atoms with Crippen LogP contribution in [0.1, 0.15) is 11.1 Å². The molecule has 7 nitrogen and oxygen atoms in total. The number of aromatic nitrogens is 2. The molecule has 0 atom stereocenters. The first kappa shape index (κ1) is 19.5. The number of hydrogen-bond acceptors (Lipinski definition) is 6. The maximum absolute atomic E-state index is 12.3. The number of aromatic amines is 1. The molecule has 0 fully saturated rings. The predicted octanol–water partition coefficient (Wildman–Crippen LogP) is 4.26. The Morgan fingerprint density at radius 3 is 2.66 bits per heavy atom. The molecular weight excluding hydrogens is 437 g/mol. The summed E-state index contributed by atoms with van der Waals surface area (Å²) in [7, 11) is 0. The smallest absolute Gasteiger partial charge is 0.264 e. The second kappa shape index (κ2) is 7.90. The van der Waals surface area contributed by atoms with Gasteiger partial charge in [0.05, 0.1) is 12.2 Å². The first-order valence-corrected chi connectivity index (χ1v) is 9.52. The van der Waals surface area contributed by atoms with Crippen LogP contribution >= 0.6 is 35.4 Å². The van der Waals surface area contributed by atoms with Crippen molar-refractivity contribution in [3.63, 3.8) is 0 Å². The van der Waals surface area contributed by atoms with Gasteiger partial charge in [-0.15, -0.1) is 0 Å². The van der Waals surface area contributed by atoms with E-state index in [-0.39, 0.29) is 29.6 Å². The largest absolute Gasteiger partial charge is 0.494 e. The van der Waals surface area contributed by atoms with E-state index in [2.05, 4.69) is 9.98 Å². The van der Waals surface area contributed by atoms with E-state index in [1.807, 2.05) is 12.1 Å². The highest BCUT2D eigenvalue weighted by Gasteiger charge is 2.15. The van der Waals surface area contributed by atoms with E-state index < -0.39 is 5.56 Å². The van der Waals surface area contributed by atoms with Gasteiger partial charge in [0.15, 0.2) is 16.3 Å². The predicted molar refractivity (Wildman–Crippen MR) is 113 cm³/mol. The molecular formula is C19H13Cl2N3O4S. The fourth-order valence-electron chi connectivity index (χ4n) is 2.84. The van der Waals surface area contributed by atoms with Crippen molar-refractivity contribution < 1.29 is 14.6 Å². The zero-order chi connectivity index (χ0) is 20.5. The molecule has 0 saturated carbocycles. The first-order valence-electron chi connectivity index (χ1n) is 8.35. The Hall–Kier alpha value is -2.81. The summed E-state index contributed by atoms with van der Waals surface area (Å²) in [6, 6.07) is 10.1. The van der Waals surface area contributed by atoms with Crippen LogP contribution in [0.3, 0.4) is 0 Å². The summed E-state index contributed by atoms with van der Waals surface area (Å²) in [5.74, 6) is 0.949. The lowest BCUT2D eigenvalue weighted by Gasteiger charge is -2.12. The number of hydrogen-bond donors (Lipinski definition) is 2. The molecule has 1 aliphatic rings. The van der Waals surface area contributed by atoms with E-state index in [4.69, 9.17) is 44.9 Å². The average Bonchev–Trinajstić information content (AvgIpc) is 3.11. The molecule has 1 aromatic heterocycles. The first-order chi connectivity index (χ1) is 13.9. The third-order valence-corrected chi connectivity index (χ3v) is 4.88. The van der Waals surface area contributed by atoms with Crippen LogP contribution in [0.15, 0.2) is 46.2 Å². The number of rotatable bonds is 4. The van der Waals surface area contributed by atoms with Gasteiger partial charge in [0.2, 0.25) is 12.7 Å². The molecule has 0 bridgehead atoms. The van der Waals surface area contributed by atoms with Crippen LogP contribution in [0.2, 0.25) is 10.0 Å². The van der Waals surface area contributed by atoms with Gasteiger partial charge >= 0.3 is 0 Å². The van der Waals surface area contributed by atoms with Gasteiger partial charge in [-0.25, -0.2) is 0 Å². The molecule has 4 rings (SSSR count). The van der Waals surface area contributed by atoms with Crippen molar-refractivity contribution in [1.29, 1.82) is 0 Å². The topological polar surface area (TPSA) is 88.8 Å². The molecule has 0 amide bonds. The monoisotopic (exact) mass is 449 g/mol. The molecule has 3 aromatic rings. The number of aromatic hydroxyl groups is 1. The van der Waals surface area contributed by atoms with E-state index in [9.17, 15) is 9.90 Å². The van der Waals surface area contributed by atoms with Crippen LogP contribution in [0, 0.1) is 4.77 Å². The second-order valence-electron chi connectivity index (χ2n) is 6.12. The highest BCUT2D eigenvalue weighted by atomic mass is 35.5. The summed E-state index contributed by atoms with van der Waals surface area (Å²) >= 11 is 17.3. The second-order valence-corrected chi connectivity index (χ2v) is 7.38. The highest BCUT2D eigenvalue weighted by Crippen LogP contribution is 2.32. The Kier molecular flexibility index (Phi) is 5.31. The van der Waals surface area contributed by atoms with E-state index in [0.717, 1.165) is 5.56 Å². The quantitative estimate of drug-likeness (QED) is 0.458. The van der Waals surface area contributed by atoms with Crippen LogP contribution < -0.4 is 15.0 Å². The molecule has 0 saturated heterocycles. The fraction of sp³-hybridized carbons (Fsp3) is 0.105. The number of H-pyrrole nitrogens is 1. The van der Waals surface area contributed by atoms with E-state index in [1.165, 1.54) is 10.8 Å².